The summed E-state index contributed by atoms with van der Waals surface area (Å²) in [6, 6.07) is 3.94. The van der Waals surface area contributed by atoms with E-state index < -0.39 is 0 Å². The molecule has 0 saturated heterocycles. The molecule has 0 amide bonds. The summed E-state index contributed by atoms with van der Waals surface area (Å²) in [4.78, 5) is 4.08. The van der Waals surface area contributed by atoms with Gasteiger partial charge in [0.1, 0.15) is 17.2 Å². The monoisotopic (exact) mass is 192 g/mol. The van der Waals surface area contributed by atoms with Crippen molar-refractivity contribution in [1.29, 1.82) is 0 Å². The lowest BCUT2D eigenvalue weighted by atomic mass is 10.2. The topological polar surface area (TPSA) is 65.2 Å². The van der Waals surface area contributed by atoms with Crippen LogP contribution in [0.4, 0.5) is 6.01 Å². The summed E-state index contributed by atoms with van der Waals surface area (Å²) in [6.07, 6.45) is 0.749. The van der Waals surface area contributed by atoms with Gasteiger partial charge in [-0.3, -0.25) is 0 Å². The Morgan fingerprint density at radius 3 is 2.71 bits per heavy atom. The second-order valence-corrected chi connectivity index (χ2v) is 3.09. The van der Waals surface area contributed by atoms with Crippen LogP contribution in [0, 0.1) is 6.92 Å². The largest absolute Gasteiger partial charge is 0.460 e. The molecule has 4 nitrogen and oxygen atoms in total. The van der Waals surface area contributed by atoms with Crippen molar-refractivity contribution in [2.45, 2.75) is 20.3 Å². The van der Waals surface area contributed by atoms with Crippen LogP contribution in [0.1, 0.15) is 18.4 Å². The SMILES string of the molecule is CCc1oc(N)nc1-c1ccc(C)o1. The number of rotatable bonds is 2. The average Bonchev–Trinajstić information content (AvgIpc) is 2.71. The van der Waals surface area contributed by atoms with E-state index in [4.69, 9.17) is 14.6 Å². The minimum atomic E-state index is 0.186. The van der Waals surface area contributed by atoms with Crippen LogP contribution in [-0.4, -0.2) is 4.98 Å². The fraction of sp³-hybridized carbons (Fsp3) is 0.300. The van der Waals surface area contributed by atoms with Gasteiger partial charge in [-0.25, -0.2) is 0 Å². The van der Waals surface area contributed by atoms with E-state index in [9.17, 15) is 0 Å². The number of nitrogen functional groups attached to an aromatic ring is 1. The van der Waals surface area contributed by atoms with Crippen LogP contribution in [-0.2, 0) is 6.42 Å². The summed E-state index contributed by atoms with van der Waals surface area (Å²) in [7, 11) is 0. The predicted octanol–water partition coefficient (Wildman–Crippen LogP) is 2.39. The molecule has 0 bridgehead atoms. The molecule has 0 aliphatic carbocycles. The van der Waals surface area contributed by atoms with Crippen molar-refractivity contribution in [3.63, 3.8) is 0 Å². The molecule has 0 radical (unpaired) electrons. The number of anilines is 1. The molecule has 2 aromatic heterocycles. The molecular weight excluding hydrogens is 180 g/mol. The first-order valence-electron chi connectivity index (χ1n) is 4.52. The van der Waals surface area contributed by atoms with Gasteiger partial charge in [-0.1, -0.05) is 6.92 Å². The standard InChI is InChI=1S/C10H12N2O2/c1-3-7-9(12-10(11)14-7)8-5-4-6(2)13-8/h4-5H,3H2,1-2H3,(H2,11,12). The van der Waals surface area contributed by atoms with Crippen LogP contribution in [0.15, 0.2) is 21.0 Å². The lowest BCUT2D eigenvalue weighted by Gasteiger charge is -1.92. The lowest BCUT2D eigenvalue weighted by molar-refractivity contribution is 0.523. The predicted molar refractivity (Wildman–Crippen MR) is 52.7 cm³/mol. The van der Waals surface area contributed by atoms with Gasteiger partial charge in [0.15, 0.2) is 5.76 Å². The first-order chi connectivity index (χ1) is 6.70. The van der Waals surface area contributed by atoms with Crippen molar-refractivity contribution < 1.29 is 8.83 Å². The summed E-state index contributed by atoms with van der Waals surface area (Å²) >= 11 is 0. The first-order valence-corrected chi connectivity index (χ1v) is 4.52. The van der Waals surface area contributed by atoms with Crippen LogP contribution < -0.4 is 5.73 Å². The van der Waals surface area contributed by atoms with Crippen LogP contribution in [0.3, 0.4) is 0 Å². The van der Waals surface area contributed by atoms with Crippen molar-refractivity contribution in [1.82, 2.24) is 4.98 Å². The van der Waals surface area contributed by atoms with Gasteiger partial charge in [0.2, 0.25) is 0 Å². The van der Waals surface area contributed by atoms with Crippen molar-refractivity contribution in [3.05, 3.63) is 23.7 Å². The molecule has 0 aliphatic rings. The maximum absolute atomic E-state index is 5.48. The Balaban J connectivity index is 2.49. The quantitative estimate of drug-likeness (QED) is 0.793. The van der Waals surface area contributed by atoms with E-state index in [0.29, 0.717) is 11.5 Å². The average molecular weight is 192 g/mol. The third-order valence-corrected chi connectivity index (χ3v) is 2.01. The molecule has 2 aromatic rings. The molecule has 0 aliphatic heterocycles. The molecule has 0 fully saturated rings. The minimum absolute atomic E-state index is 0.186. The number of nitrogens with zero attached hydrogens (tertiary/aromatic N) is 1. The number of furan rings is 1. The maximum atomic E-state index is 5.48. The van der Waals surface area contributed by atoms with E-state index in [1.165, 1.54) is 0 Å². The fourth-order valence-corrected chi connectivity index (χ4v) is 1.36. The number of hydrogen-bond donors (Lipinski definition) is 1. The molecule has 0 spiro atoms. The summed E-state index contributed by atoms with van der Waals surface area (Å²) in [5, 5.41) is 0. The molecule has 0 atom stereocenters. The van der Waals surface area contributed by atoms with Crippen molar-refractivity contribution in [2.24, 2.45) is 0 Å². The Labute approximate surface area is 81.7 Å². The van der Waals surface area contributed by atoms with Gasteiger partial charge in [-0.05, 0) is 19.1 Å². The Morgan fingerprint density at radius 1 is 1.36 bits per heavy atom. The second-order valence-electron chi connectivity index (χ2n) is 3.09. The molecule has 0 aromatic carbocycles. The number of aryl methyl sites for hydroxylation is 2. The highest BCUT2D eigenvalue weighted by Gasteiger charge is 2.14. The molecule has 2 rings (SSSR count). The summed E-state index contributed by atoms with van der Waals surface area (Å²) < 4.78 is 10.7. The molecular formula is C10H12N2O2. The fourth-order valence-electron chi connectivity index (χ4n) is 1.36. The van der Waals surface area contributed by atoms with E-state index >= 15 is 0 Å². The zero-order valence-corrected chi connectivity index (χ0v) is 8.20. The molecule has 2 N–H and O–H groups in total. The summed E-state index contributed by atoms with van der Waals surface area (Å²) in [5.41, 5.74) is 6.19. The van der Waals surface area contributed by atoms with Gasteiger partial charge < -0.3 is 14.6 Å². The molecule has 2 heterocycles. The van der Waals surface area contributed by atoms with Crippen LogP contribution in [0.5, 0.6) is 0 Å². The maximum Gasteiger partial charge on any atom is 0.292 e. The van der Waals surface area contributed by atoms with Gasteiger partial charge >= 0.3 is 0 Å². The highest BCUT2D eigenvalue weighted by molar-refractivity contribution is 5.56. The molecule has 0 unspecified atom stereocenters. The lowest BCUT2D eigenvalue weighted by Crippen LogP contribution is -1.83. The zero-order valence-electron chi connectivity index (χ0n) is 8.20. The number of aromatic nitrogens is 1. The number of hydrogen-bond acceptors (Lipinski definition) is 4. The molecule has 4 heteroatoms. The van der Waals surface area contributed by atoms with E-state index in [2.05, 4.69) is 4.98 Å². The van der Waals surface area contributed by atoms with Crippen molar-refractivity contribution in [3.8, 4) is 11.5 Å². The minimum Gasteiger partial charge on any atom is -0.460 e. The van der Waals surface area contributed by atoms with Crippen LogP contribution in [0.25, 0.3) is 11.5 Å². The third kappa shape index (κ3) is 1.39. The van der Waals surface area contributed by atoms with E-state index in [0.717, 1.165) is 17.9 Å². The van der Waals surface area contributed by atoms with Crippen LogP contribution in [0.2, 0.25) is 0 Å². The normalized spacial score (nSPS) is 10.7. The highest BCUT2D eigenvalue weighted by atomic mass is 16.4. The smallest absolute Gasteiger partial charge is 0.292 e. The van der Waals surface area contributed by atoms with Gasteiger partial charge in [0.05, 0.1) is 0 Å². The zero-order chi connectivity index (χ0) is 10.1. The number of oxazole rings is 1. The third-order valence-electron chi connectivity index (χ3n) is 2.01. The van der Waals surface area contributed by atoms with Crippen molar-refractivity contribution >= 4 is 6.01 Å². The summed E-state index contributed by atoms with van der Waals surface area (Å²) in [5.74, 6) is 2.32. The van der Waals surface area contributed by atoms with Crippen molar-refractivity contribution in [2.75, 3.05) is 5.73 Å². The Hall–Kier alpha value is -1.71. The first kappa shape index (κ1) is 8.87. The van der Waals surface area contributed by atoms with Gasteiger partial charge in [-0.2, -0.15) is 4.98 Å². The number of nitrogens with two attached hydrogens (primary N) is 1. The Bertz CT molecular complexity index is 443. The van der Waals surface area contributed by atoms with Gasteiger partial charge in [0, 0.05) is 6.42 Å². The van der Waals surface area contributed by atoms with Gasteiger partial charge in [-0.15, -0.1) is 0 Å². The van der Waals surface area contributed by atoms with Gasteiger partial charge in [0.25, 0.3) is 6.01 Å². The summed E-state index contributed by atoms with van der Waals surface area (Å²) in [6.45, 7) is 3.87. The van der Waals surface area contributed by atoms with Crippen LogP contribution >= 0.6 is 0 Å². The van der Waals surface area contributed by atoms with E-state index in [1.807, 2.05) is 26.0 Å². The Kier molecular flexibility index (Phi) is 2.04. The highest BCUT2D eigenvalue weighted by Crippen LogP contribution is 2.26. The second kappa shape index (κ2) is 3.21. The van der Waals surface area contributed by atoms with E-state index in [1.54, 1.807) is 0 Å². The van der Waals surface area contributed by atoms with E-state index in [-0.39, 0.29) is 6.01 Å². The Morgan fingerprint density at radius 2 is 2.14 bits per heavy atom. The molecule has 14 heavy (non-hydrogen) atoms. The molecule has 74 valence electrons. The molecule has 0 saturated carbocycles.